The standard InChI is InChI=1S/C16H24FN/c1-3-12-5-4-6-13(10-12)16(18)15-8-7-14(17)9-11(15)2/h7-9,12-13,16H,3-6,10,18H2,1-2H3. The maximum atomic E-state index is 13.1. The van der Waals surface area contributed by atoms with Crippen LogP contribution >= 0.6 is 0 Å². The van der Waals surface area contributed by atoms with Crippen LogP contribution in [-0.4, -0.2) is 0 Å². The van der Waals surface area contributed by atoms with E-state index in [0.29, 0.717) is 5.92 Å². The second kappa shape index (κ2) is 5.83. The number of hydrogen-bond donors (Lipinski definition) is 1. The first-order chi connectivity index (χ1) is 8.61. The lowest BCUT2D eigenvalue weighted by Crippen LogP contribution is -2.27. The summed E-state index contributed by atoms with van der Waals surface area (Å²) >= 11 is 0. The Morgan fingerprint density at radius 1 is 1.39 bits per heavy atom. The summed E-state index contributed by atoms with van der Waals surface area (Å²) < 4.78 is 13.1. The van der Waals surface area contributed by atoms with Crippen molar-refractivity contribution in [1.82, 2.24) is 0 Å². The number of rotatable bonds is 3. The highest BCUT2D eigenvalue weighted by Crippen LogP contribution is 2.38. The van der Waals surface area contributed by atoms with Crippen LogP contribution in [0.1, 0.15) is 56.2 Å². The third-order valence-corrected chi connectivity index (χ3v) is 4.50. The van der Waals surface area contributed by atoms with Crippen LogP contribution in [0, 0.1) is 24.6 Å². The molecule has 100 valence electrons. The zero-order chi connectivity index (χ0) is 13.1. The second-order valence-corrected chi connectivity index (χ2v) is 5.73. The molecule has 0 aliphatic heterocycles. The third-order valence-electron chi connectivity index (χ3n) is 4.50. The van der Waals surface area contributed by atoms with Gasteiger partial charge in [-0.25, -0.2) is 4.39 Å². The van der Waals surface area contributed by atoms with Crippen LogP contribution in [0.5, 0.6) is 0 Å². The maximum absolute atomic E-state index is 13.1. The minimum Gasteiger partial charge on any atom is -0.324 e. The lowest BCUT2D eigenvalue weighted by atomic mass is 9.75. The van der Waals surface area contributed by atoms with Crippen molar-refractivity contribution in [3.8, 4) is 0 Å². The fraction of sp³-hybridized carbons (Fsp3) is 0.625. The Morgan fingerprint density at radius 3 is 2.83 bits per heavy atom. The Morgan fingerprint density at radius 2 is 2.17 bits per heavy atom. The normalized spacial score (nSPS) is 26.0. The first-order valence-corrected chi connectivity index (χ1v) is 7.13. The van der Waals surface area contributed by atoms with E-state index in [1.165, 1.54) is 38.2 Å². The van der Waals surface area contributed by atoms with Crippen LogP contribution in [-0.2, 0) is 0 Å². The molecule has 18 heavy (non-hydrogen) atoms. The SMILES string of the molecule is CCC1CCCC(C(N)c2ccc(F)cc2C)C1. The topological polar surface area (TPSA) is 26.0 Å². The van der Waals surface area contributed by atoms with Crippen molar-refractivity contribution in [1.29, 1.82) is 0 Å². The third kappa shape index (κ3) is 2.92. The molecule has 0 bridgehead atoms. The molecule has 0 saturated heterocycles. The monoisotopic (exact) mass is 249 g/mol. The zero-order valence-corrected chi connectivity index (χ0v) is 11.5. The average molecular weight is 249 g/mol. The van der Waals surface area contributed by atoms with Gasteiger partial charge < -0.3 is 5.73 Å². The molecule has 0 heterocycles. The number of benzene rings is 1. The van der Waals surface area contributed by atoms with Gasteiger partial charge in [-0.1, -0.05) is 32.3 Å². The van der Waals surface area contributed by atoms with Crippen LogP contribution in [0.4, 0.5) is 4.39 Å². The summed E-state index contributed by atoms with van der Waals surface area (Å²) in [5.41, 5.74) is 8.53. The summed E-state index contributed by atoms with van der Waals surface area (Å²) in [5.74, 6) is 1.22. The van der Waals surface area contributed by atoms with Crippen LogP contribution < -0.4 is 5.73 Å². The minimum atomic E-state index is -0.168. The largest absolute Gasteiger partial charge is 0.324 e. The molecule has 1 aromatic rings. The highest BCUT2D eigenvalue weighted by molar-refractivity contribution is 5.29. The van der Waals surface area contributed by atoms with Gasteiger partial charge in [0, 0.05) is 6.04 Å². The second-order valence-electron chi connectivity index (χ2n) is 5.73. The van der Waals surface area contributed by atoms with Crippen LogP contribution in [0.3, 0.4) is 0 Å². The first-order valence-electron chi connectivity index (χ1n) is 7.13. The van der Waals surface area contributed by atoms with Gasteiger partial charge in [0.25, 0.3) is 0 Å². The molecule has 3 atom stereocenters. The van der Waals surface area contributed by atoms with Crippen molar-refractivity contribution in [3.05, 3.63) is 35.1 Å². The molecule has 1 aliphatic rings. The van der Waals surface area contributed by atoms with Crippen molar-refractivity contribution in [2.45, 2.75) is 52.0 Å². The van der Waals surface area contributed by atoms with E-state index < -0.39 is 0 Å². The Labute approximate surface area is 110 Å². The molecule has 0 spiro atoms. The molecule has 0 radical (unpaired) electrons. The van der Waals surface area contributed by atoms with Gasteiger partial charge in [0.1, 0.15) is 5.82 Å². The Balaban J connectivity index is 2.12. The molecule has 0 aromatic heterocycles. The molecule has 2 rings (SSSR count). The number of halogens is 1. The molecule has 1 aromatic carbocycles. The molecular weight excluding hydrogens is 225 g/mol. The molecule has 2 N–H and O–H groups in total. The first kappa shape index (κ1) is 13.5. The molecule has 2 heteroatoms. The predicted octanol–water partition coefficient (Wildman–Crippen LogP) is 4.35. The van der Waals surface area contributed by atoms with Gasteiger partial charge >= 0.3 is 0 Å². The van der Waals surface area contributed by atoms with Gasteiger partial charge in [-0.15, -0.1) is 0 Å². The number of aryl methyl sites for hydroxylation is 1. The van der Waals surface area contributed by atoms with E-state index in [1.54, 1.807) is 6.07 Å². The Bertz CT molecular complexity index is 402. The van der Waals surface area contributed by atoms with E-state index in [-0.39, 0.29) is 11.9 Å². The quantitative estimate of drug-likeness (QED) is 0.846. The van der Waals surface area contributed by atoms with E-state index in [0.717, 1.165) is 17.0 Å². The van der Waals surface area contributed by atoms with E-state index in [4.69, 9.17) is 5.73 Å². The average Bonchev–Trinajstić information content (AvgIpc) is 2.38. The molecule has 3 unspecified atom stereocenters. The lowest BCUT2D eigenvalue weighted by Gasteiger charge is -2.33. The Kier molecular flexibility index (Phi) is 4.39. The summed E-state index contributed by atoms with van der Waals surface area (Å²) in [6, 6.07) is 5.06. The smallest absolute Gasteiger partial charge is 0.123 e. The van der Waals surface area contributed by atoms with E-state index in [2.05, 4.69) is 6.92 Å². The highest BCUT2D eigenvalue weighted by atomic mass is 19.1. The van der Waals surface area contributed by atoms with Gasteiger partial charge in [-0.05, 0) is 54.9 Å². The molecular formula is C16H24FN. The van der Waals surface area contributed by atoms with Crippen molar-refractivity contribution in [3.63, 3.8) is 0 Å². The molecule has 1 aliphatic carbocycles. The van der Waals surface area contributed by atoms with Crippen molar-refractivity contribution in [2.75, 3.05) is 0 Å². The van der Waals surface area contributed by atoms with E-state index >= 15 is 0 Å². The van der Waals surface area contributed by atoms with Gasteiger partial charge in [-0.2, -0.15) is 0 Å². The summed E-state index contributed by atoms with van der Waals surface area (Å²) in [5, 5.41) is 0. The van der Waals surface area contributed by atoms with Crippen LogP contribution in [0.15, 0.2) is 18.2 Å². The molecule has 1 saturated carbocycles. The Hall–Kier alpha value is -0.890. The molecule has 0 amide bonds. The number of nitrogens with two attached hydrogens (primary N) is 1. The van der Waals surface area contributed by atoms with E-state index in [1.807, 2.05) is 13.0 Å². The fourth-order valence-corrected chi connectivity index (χ4v) is 3.30. The number of hydrogen-bond acceptors (Lipinski definition) is 1. The van der Waals surface area contributed by atoms with E-state index in [9.17, 15) is 4.39 Å². The predicted molar refractivity (Wildman–Crippen MR) is 73.8 cm³/mol. The lowest BCUT2D eigenvalue weighted by molar-refractivity contribution is 0.230. The highest BCUT2D eigenvalue weighted by Gasteiger charge is 2.27. The van der Waals surface area contributed by atoms with Gasteiger partial charge in [-0.3, -0.25) is 0 Å². The van der Waals surface area contributed by atoms with Gasteiger partial charge in [0.2, 0.25) is 0 Å². The maximum Gasteiger partial charge on any atom is 0.123 e. The molecule has 1 nitrogen and oxygen atoms in total. The zero-order valence-electron chi connectivity index (χ0n) is 11.5. The van der Waals surface area contributed by atoms with Crippen molar-refractivity contribution in [2.24, 2.45) is 17.6 Å². The van der Waals surface area contributed by atoms with Crippen LogP contribution in [0.25, 0.3) is 0 Å². The van der Waals surface area contributed by atoms with Crippen molar-refractivity contribution >= 4 is 0 Å². The summed E-state index contributed by atoms with van der Waals surface area (Å²) in [6.07, 6.45) is 6.34. The van der Waals surface area contributed by atoms with Crippen molar-refractivity contribution < 1.29 is 4.39 Å². The fourth-order valence-electron chi connectivity index (χ4n) is 3.30. The molecule has 1 fully saturated rings. The van der Waals surface area contributed by atoms with Crippen LogP contribution in [0.2, 0.25) is 0 Å². The summed E-state index contributed by atoms with van der Waals surface area (Å²) in [7, 11) is 0. The summed E-state index contributed by atoms with van der Waals surface area (Å²) in [4.78, 5) is 0. The summed E-state index contributed by atoms with van der Waals surface area (Å²) in [6.45, 7) is 4.22. The van der Waals surface area contributed by atoms with Gasteiger partial charge in [0.15, 0.2) is 0 Å². The van der Waals surface area contributed by atoms with Gasteiger partial charge in [0.05, 0.1) is 0 Å². The minimum absolute atomic E-state index is 0.0694.